The zero-order chi connectivity index (χ0) is 7.98. The van der Waals surface area contributed by atoms with Crippen molar-refractivity contribution in [2.75, 3.05) is 0 Å². The van der Waals surface area contributed by atoms with Crippen molar-refractivity contribution in [1.82, 2.24) is 0 Å². The van der Waals surface area contributed by atoms with Crippen molar-refractivity contribution in [2.24, 2.45) is 5.92 Å². The molecule has 0 aliphatic carbocycles. The molecule has 1 nitrogen and oxygen atoms in total. The van der Waals surface area contributed by atoms with Gasteiger partial charge in [0.15, 0.2) is 0 Å². The van der Waals surface area contributed by atoms with E-state index in [0.717, 1.165) is 12.8 Å². The highest BCUT2D eigenvalue weighted by atomic mass is 16.1. The molecule has 0 N–H and O–H groups in total. The molecule has 0 amide bonds. The molecule has 56 valence electrons. The zero-order valence-corrected chi connectivity index (χ0v) is 6.68. The van der Waals surface area contributed by atoms with E-state index in [1.807, 2.05) is 6.92 Å². The minimum atomic E-state index is 0.154. The molecule has 10 heavy (non-hydrogen) atoms. The van der Waals surface area contributed by atoms with Gasteiger partial charge in [0.25, 0.3) is 0 Å². The Morgan fingerprint density at radius 1 is 1.70 bits per heavy atom. The molecule has 1 unspecified atom stereocenters. The van der Waals surface area contributed by atoms with Gasteiger partial charge < -0.3 is 0 Å². The van der Waals surface area contributed by atoms with Crippen LogP contribution in [0.15, 0.2) is 0 Å². The predicted molar refractivity (Wildman–Crippen MR) is 42.5 cm³/mol. The first-order valence-corrected chi connectivity index (χ1v) is 3.68. The van der Waals surface area contributed by atoms with Gasteiger partial charge in [-0.05, 0) is 6.42 Å². The molecule has 0 aromatic rings. The van der Waals surface area contributed by atoms with E-state index in [-0.39, 0.29) is 11.7 Å². The molecule has 0 aliphatic heterocycles. The van der Waals surface area contributed by atoms with E-state index in [1.165, 1.54) is 0 Å². The number of carbonyl (C=O) groups is 1. The molecule has 0 rings (SSSR count). The van der Waals surface area contributed by atoms with E-state index in [2.05, 4.69) is 12.8 Å². The minimum Gasteiger partial charge on any atom is -0.298 e. The highest BCUT2D eigenvalue weighted by molar-refractivity contribution is 5.82. The van der Waals surface area contributed by atoms with E-state index < -0.39 is 0 Å². The summed E-state index contributed by atoms with van der Waals surface area (Å²) in [6.07, 6.45) is 7.30. The maximum absolute atomic E-state index is 11.0. The van der Waals surface area contributed by atoms with Gasteiger partial charge in [-0.25, -0.2) is 0 Å². The summed E-state index contributed by atoms with van der Waals surface area (Å²) in [7, 11) is 0. The van der Waals surface area contributed by atoms with E-state index in [4.69, 9.17) is 6.42 Å². The molecule has 0 fully saturated rings. The van der Waals surface area contributed by atoms with Crippen molar-refractivity contribution in [1.29, 1.82) is 0 Å². The molecule has 0 aromatic carbocycles. The third-order valence-electron chi connectivity index (χ3n) is 1.55. The van der Waals surface area contributed by atoms with Crippen LogP contribution in [0.4, 0.5) is 0 Å². The first-order chi connectivity index (χ1) is 4.72. The Kier molecular flexibility index (Phi) is 4.66. The van der Waals surface area contributed by atoms with Crippen LogP contribution < -0.4 is 0 Å². The summed E-state index contributed by atoms with van der Waals surface area (Å²) < 4.78 is 0. The third kappa shape index (κ3) is 3.29. The normalized spacial score (nSPS) is 12.1. The van der Waals surface area contributed by atoms with Crippen molar-refractivity contribution in [3.8, 4) is 12.3 Å². The van der Waals surface area contributed by atoms with Gasteiger partial charge in [0.05, 0.1) is 6.42 Å². The Morgan fingerprint density at radius 2 is 2.30 bits per heavy atom. The van der Waals surface area contributed by atoms with Gasteiger partial charge >= 0.3 is 0 Å². The van der Waals surface area contributed by atoms with Gasteiger partial charge in [-0.2, -0.15) is 0 Å². The SMILES string of the molecule is C#CCC(=O)C(C)CCC. The van der Waals surface area contributed by atoms with E-state index >= 15 is 0 Å². The Labute approximate surface area is 62.8 Å². The maximum atomic E-state index is 11.0. The second-order valence-electron chi connectivity index (χ2n) is 2.54. The lowest BCUT2D eigenvalue weighted by molar-refractivity contribution is -0.121. The van der Waals surface area contributed by atoms with E-state index in [1.54, 1.807) is 0 Å². The monoisotopic (exact) mass is 138 g/mol. The summed E-state index contributed by atoms with van der Waals surface area (Å²) in [5, 5.41) is 0. The number of hydrogen-bond donors (Lipinski definition) is 0. The fourth-order valence-corrected chi connectivity index (χ4v) is 0.869. The summed E-state index contributed by atoms with van der Waals surface area (Å²) in [5.74, 6) is 2.71. The average Bonchev–Trinajstić information content (AvgIpc) is 1.89. The van der Waals surface area contributed by atoms with Crippen LogP contribution in [0.25, 0.3) is 0 Å². The van der Waals surface area contributed by atoms with Crippen LogP contribution in [-0.4, -0.2) is 5.78 Å². The van der Waals surface area contributed by atoms with Crippen molar-refractivity contribution in [2.45, 2.75) is 33.1 Å². The topological polar surface area (TPSA) is 17.1 Å². The Bertz CT molecular complexity index is 141. The van der Waals surface area contributed by atoms with Crippen molar-refractivity contribution >= 4 is 5.78 Å². The molecule has 0 saturated carbocycles. The van der Waals surface area contributed by atoms with E-state index in [0.29, 0.717) is 6.42 Å². The summed E-state index contributed by atoms with van der Waals surface area (Å²) in [6, 6.07) is 0. The standard InChI is InChI=1S/C9H14O/c1-4-6-8(3)9(10)7-5-2/h2,8H,4,6-7H2,1,3H3. The smallest absolute Gasteiger partial charge is 0.147 e. The van der Waals surface area contributed by atoms with Crippen molar-refractivity contribution in [3.05, 3.63) is 0 Å². The van der Waals surface area contributed by atoms with Crippen LogP contribution in [0.5, 0.6) is 0 Å². The largest absolute Gasteiger partial charge is 0.298 e. The highest BCUT2D eigenvalue weighted by Crippen LogP contribution is 2.07. The summed E-state index contributed by atoms with van der Waals surface area (Å²) >= 11 is 0. The number of carbonyl (C=O) groups excluding carboxylic acids is 1. The second kappa shape index (κ2) is 5.05. The number of hydrogen-bond acceptors (Lipinski definition) is 1. The number of ketones is 1. The molecule has 1 heteroatoms. The van der Waals surface area contributed by atoms with Gasteiger partial charge in [-0.1, -0.05) is 26.2 Å². The van der Waals surface area contributed by atoms with Crippen LogP contribution in [0.3, 0.4) is 0 Å². The van der Waals surface area contributed by atoms with Gasteiger partial charge in [0, 0.05) is 5.92 Å². The summed E-state index contributed by atoms with van der Waals surface area (Å²) in [6.45, 7) is 4.00. The fourth-order valence-electron chi connectivity index (χ4n) is 0.869. The van der Waals surface area contributed by atoms with Crippen LogP contribution in [0.1, 0.15) is 33.1 Å². The Balaban J connectivity index is 3.62. The van der Waals surface area contributed by atoms with Gasteiger partial charge in [-0.15, -0.1) is 6.42 Å². The molecule has 1 atom stereocenters. The Hall–Kier alpha value is -0.770. The predicted octanol–water partition coefficient (Wildman–Crippen LogP) is 2.02. The number of terminal acetylenes is 1. The molecule has 0 spiro atoms. The molecular weight excluding hydrogens is 124 g/mol. The average molecular weight is 138 g/mol. The Morgan fingerprint density at radius 3 is 2.70 bits per heavy atom. The third-order valence-corrected chi connectivity index (χ3v) is 1.55. The highest BCUT2D eigenvalue weighted by Gasteiger charge is 2.08. The van der Waals surface area contributed by atoms with Gasteiger partial charge in [0.2, 0.25) is 0 Å². The lowest BCUT2D eigenvalue weighted by atomic mass is 9.99. The van der Waals surface area contributed by atoms with Gasteiger partial charge in [-0.3, -0.25) is 4.79 Å². The zero-order valence-electron chi connectivity index (χ0n) is 6.68. The van der Waals surface area contributed by atoms with Crippen LogP contribution in [-0.2, 0) is 4.79 Å². The minimum absolute atomic E-state index is 0.154. The van der Waals surface area contributed by atoms with Crippen molar-refractivity contribution < 1.29 is 4.79 Å². The van der Waals surface area contributed by atoms with Crippen LogP contribution in [0.2, 0.25) is 0 Å². The van der Waals surface area contributed by atoms with Crippen LogP contribution >= 0.6 is 0 Å². The van der Waals surface area contributed by atoms with Crippen LogP contribution in [0, 0.1) is 18.3 Å². The van der Waals surface area contributed by atoms with E-state index in [9.17, 15) is 4.79 Å². The number of rotatable bonds is 4. The maximum Gasteiger partial charge on any atom is 0.147 e. The summed E-state index contributed by atoms with van der Waals surface area (Å²) in [5.41, 5.74) is 0. The summed E-state index contributed by atoms with van der Waals surface area (Å²) in [4.78, 5) is 11.0. The molecule has 0 aromatic heterocycles. The van der Waals surface area contributed by atoms with Gasteiger partial charge in [0.1, 0.15) is 5.78 Å². The molecule has 0 saturated heterocycles. The van der Waals surface area contributed by atoms with Crippen molar-refractivity contribution in [3.63, 3.8) is 0 Å². The fraction of sp³-hybridized carbons (Fsp3) is 0.667. The molecular formula is C9H14O. The lowest BCUT2D eigenvalue weighted by Crippen LogP contribution is -2.08. The molecule has 0 aliphatic rings. The molecule has 0 radical (unpaired) electrons. The molecule has 0 bridgehead atoms. The molecule has 0 heterocycles. The lowest BCUT2D eigenvalue weighted by Gasteiger charge is -2.04. The quantitative estimate of drug-likeness (QED) is 0.543. The number of Topliss-reactive ketones (excluding diaryl/α,β-unsaturated/α-hetero) is 1. The first-order valence-electron chi connectivity index (χ1n) is 3.68. The first kappa shape index (κ1) is 9.23. The second-order valence-corrected chi connectivity index (χ2v) is 2.54.